The van der Waals surface area contributed by atoms with Crippen molar-refractivity contribution in [3.63, 3.8) is 0 Å². The van der Waals surface area contributed by atoms with E-state index in [1.807, 2.05) is 32.0 Å². The fourth-order valence-corrected chi connectivity index (χ4v) is 1.43. The minimum Gasteiger partial charge on any atom is -0.389 e. The van der Waals surface area contributed by atoms with Gasteiger partial charge in [-0.3, -0.25) is 0 Å². The van der Waals surface area contributed by atoms with Gasteiger partial charge in [0.1, 0.15) is 5.60 Å². The van der Waals surface area contributed by atoms with Crippen LogP contribution in [0.15, 0.2) is 35.5 Å². The second-order valence-corrected chi connectivity index (χ2v) is 3.93. The van der Waals surface area contributed by atoms with E-state index in [9.17, 15) is 0 Å². The van der Waals surface area contributed by atoms with Crippen molar-refractivity contribution in [3.05, 3.63) is 35.9 Å². The molecule has 2 nitrogen and oxygen atoms in total. The van der Waals surface area contributed by atoms with Gasteiger partial charge in [0.05, 0.1) is 5.71 Å². The first-order valence-electron chi connectivity index (χ1n) is 4.48. The van der Waals surface area contributed by atoms with E-state index in [0.717, 1.165) is 17.7 Å². The summed E-state index contributed by atoms with van der Waals surface area (Å²) >= 11 is 0. The van der Waals surface area contributed by atoms with Crippen LogP contribution in [0.1, 0.15) is 25.8 Å². The van der Waals surface area contributed by atoms with Gasteiger partial charge in [0.25, 0.3) is 0 Å². The molecule has 0 fully saturated rings. The van der Waals surface area contributed by atoms with E-state index in [4.69, 9.17) is 4.84 Å². The molecular formula is C11H13NO. The van der Waals surface area contributed by atoms with E-state index >= 15 is 0 Å². The fraction of sp³-hybridized carbons (Fsp3) is 0.364. The highest BCUT2D eigenvalue weighted by molar-refractivity contribution is 6.01. The van der Waals surface area contributed by atoms with E-state index in [0.29, 0.717) is 0 Å². The molecule has 0 bridgehead atoms. The number of hydrogen-bond acceptors (Lipinski definition) is 2. The van der Waals surface area contributed by atoms with Crippen LogP contribution < -0.4 is 0 Å². The van der Waals surface area contributed by atoms with Crippen molar-refractivity contribution < 1.29 is 4.84 Å². The van der Waals surface area contributed by atoms with Gasteiger partial charge >= 0.3 is 0 Å². The summed E-state index contributed by atoms with van der Waals surface area (Å²) in [5, 5.41) is 4.08. The lowest BCUT2D eigenvalue weighted by Crippen LogP contribution is -2.19. The molecule has 1 aliphatic rings. The van der Waals surface area contributed by atoms with Crippen molar-refractivity contribution in [2.45, 2.75) is 25.9 Å². The molecule has 0 spiro atoms. The maximum absolute atomic E-state index is 5.30. The highest BCUT2D eigenvalue weighted by atomic mass is 16.7. The van der Waals surface area contributed by atoms with Crippen molar-refractivity contribution >= 4 is 5.71 Å². The molecule has 0 N–H and O–H groups in total. The quantitative estimate of drug-likeness (QED) is 0.642. The first kappa shape index (κ1) is 8.30. The Morgan fingerprint density at radius 1 is 1.23 bits per heavy atom. The Hall–Kier alpha value is -1.31. The summed E-state index contributed by atoms with van der Waals surface area (Å²) in [5.74, 6) is 0. The molecule has 1 heterocycles. The summed E-state index contributed by atoms with van der Waals surface area (Å²) in [6.45, 7) is 4.10. The Bertz CT molecular complexity index is 327. The standard InChI is InChI=1S/C11H13NO/c1-11(2)8-10(12-13-11)9-6-4-3-5-7-9/h3-7H,8H2,1-2H3. The number of hydrogen-bond donors (Lipinski definition) is 0. The zero-order chi connectivity index (χ0) is 9.31. The minimum absolute atomic E-state index is 0.134. The van der Waals surface area contributed by atoms with E-state index in [1.54, 1.807) is 0 Å². The Kier molecular flexibility index (Phi) is 1.83. The molecule has 0 saturated carbocycles. The van der Waals surface area contributed by atoms with E-state index in [-0.39, 0.29) is 5.60 Å². The molecule has 2 heteroatoms. The number of nitrogens with zero attached hydrogens (tertiary/aromatic N) is 1. The lowest BCUT2D eigenvalue weighted by Gasteiger charge is -2.13. The molecule has 1 aliphatic heterocycles. The lowest BCUT2D eigenvalue weighted by molar-refractivity contribution is 0.0123. The highest BCUT2D eigenvalue weighted by Crippen LogP contribution is 2.25. The Balaban J connectivity index is 2.22. The van der Waals surface area contributed by atoms with Crippen molar-refractivity contribution in [2.75, 3.05) is 0 Å². The molecule has 0 unspecified atom stereocenters. The van der Waals surface area contributed by atoms with Crippen LogP contribution >= 0.6 is 0 Å². The molecule has 0 radical (unpaired) electrons. The first-order valence-corrected chi connectivity index (χ1v) is 4.48. The van der Waals surface area contributed by atoms with Crippen LogP contribution in [0, 0.1) is 0 Å². The van der Waals surface area contributed by atoms with E-state index < -0.39 is 0 Å². The van der Waals surface area contributed by atoms with E-state index in [2.05, 4.69) is 17.3 Å². The summed E-state index contributed by atoms with van der Waals surface area (Å²) in [6.07, 6.45) is 0.886. The Morgan fingerprint density at radius 2 is 1.92 bits per heavy atom. The summed E-state index contributed by atoms with van der Waals surface area (Å²) in [5.41, 5.74) is 2.07. The molecule has 1 aromatic rings. The largest absolute Gasteiger partial charge is 0.389 e. The summed E-state index contributed by atoms with van der Waals surface area (Å²) in [4.78, 5) is 5.30. The van der Waals surface area contributed by atoms with Crippen molar-refractivity contribution in [1.82, 2.24) is 0 Å². The summed E-state index contributed by atoms with van der Waals surface area (Å²) < 4.78 is 0. The van der Waals surface area contributed by atoms with Crippen molar-refractivity contribution in [1.29, 1.82) is 0 Å². The van der Waals surface area contributed by atoms with Crippen LogP contribution in [0.5, 0.6) is 0 Å². The van der Waals surface area contributed by atoms with Crippen LogP contribution in [-0.4, -0.2) is 11.3 Å². The third-order valence-electron chi connectivity index (χ3n) is 2.10. The van der Waals surface area contributed by atoms with Gasteiger partial charge in [0.2, 0.25) is 0 Å². The third kappa shape index (κ3) is 1.72. The number of rotatable bonds is 1. The molecule has 13 heavy (non-hydrogen) atoms. The molecule has 0 saturated heterocycles. The van der Waals surface area contributed by atoms with Gasteiger partial charge in [-0.1, -0.05) is 35.5 Å². The van der Waals surface area contributed by atoms with E-state index in [1.165, 1.54) is 0 Å². The maximum Gasteiger partial charge on any atom is 0.137 e. The second kappa shape index (κ2) is 2.87. The molecule has 1 aromatic carbocycles. The zero-order valence-corrected chi connectivity index (χ0v) is 7.95. The van der Waals surface area contributed by atoms with Crippen LogP contribution in [0.4, 0.5) is 0 Å². The van der Waals surface area contributed by atoms with Gasteiger partial charge in [-0.05, 0) is 19.4 Å². The molecule has 0 aromatic heterocycles. The minimum atomic E-state index is -0.134. The summed E-state index contributed by atoms with van der Waals surface area (Å²) in [7, 11) is 0. The van der Waals surface area contributed by atoms with Crippen LogP contribution in [-0.2, 0) is 4.84 Å². The third-order valence-corrected chi connectivity index (χ3v) is 2.10. The van der Waals surface area contributed by atoms with Gasteiger partial charge in [-0.25, -0.2) is 0 Å². The van der Waals surface area contributed by atoms with Gasteiger partial charge in [-0.2, -0.15) is 0 Å². The summed E-state index contributed by atoms with van der Waals surface area (Å²) in [6, 6.07) is 10.2. The molecule has 0 atom stereocenters. The molecule has 0 amide bonds. The van der Waals surface area contributed by atoms with Gasteiger partial charge in [-0.15, -0.1) is 0 Å². The average Bonchev–Trinajstić information content (AvgIpc) is 2.48. The maximum atomic E-state index is 5.30. The topological polar surface area (TPSA) is 21.6 Å². The highest BCUT2D eigenvalue weighted by Gasteiger charge is 2.29. The van der Waals surface area contributed by atoms with Crippen molar-refractivity contribution in [2.24, 2.45) is 5.16 Å². The Morgan fingerprint density at radius 3 is 2.46 bits per heavy atom. The van der Waals surface area contributed by atoms with Gasteiger partial charge in [0, 0.05) is 6.42 Å². The van der Waals surface area contributed by atoms with Crippen LogP contribution in [0.2, 0.25) is 0 Å². The normalized spacial score (nSPS) is 19.4. The number of oxime groups is 1. The van der Waals surface area contributed by atoms with Gasteiger partial charge < -0.3 is 4.84 Å². The predicted molar refractivity (Wildman–Crippen MR) is 52.8 cm³/mol. The fourth-order valence-electron chi connectivity index (χ4n) is 1.43. The monoisotopic (exact) mass is 175 g/mol. The second-order valence-electron chi connectivity index (χ2n) is 3.93. The zero-order valence-electron chi connectivity index (χ0n) is 7.95. The van der Waals surface area contributed by atoms with Gasteiger partial charge in [0.15, 0.2) is 0 Å². The number of benzene rings is 1. The molecule has 2 rings (SSSR count). The molecule has 68 valence electrons. The Labute approximate surface area is 78.2 Å². The van der Waals surface area contributed by atoms with Crippen LogP contribution in [0.3, 0.4) is 0 Å². The average molecular weight is 175 g/mol. The SMILES string of the molecule is CC1(C)CC(c2ccccc2)=NO1. The molecular weight excluding hydrogens is 162 g/mol. The molecule has 0 aliphatic carbocycles. The van der Waals surface area contributed by atoms with Crippen molar-refractivity contribution in [3.8, 4) is 0 Å². The smallest absolute Gasteiger partial charge is 0.137 e. The first-order chi connectivity index (χ1) is 6.17. The lowest BCUT2D eigenvalue weighted by atomic mass is 9.98. The van der Waals surface area contributed by atoms with Crippen LogP contribution in [0.25, 0.3) is 0 Å². The predicted octanol–water partition coefficient (Wildman–Crippen LogP) is 2.59.